The van der Waals surface area contributed by atoms with Crippen LogP contribution in [-0.4, -0.2) is 16.6 Å². The summed E-state index contributed by atoms with van der Waals surface area (Å²) in [4.78, 5) is 15.6. The molecule has 3 aromatic carbocycles. The van der Waals surface area contributed by atoms with E-state index >= 15 is 0 Å². The number of carbonyl (C=O) groups excluding carboxylic acids is 1. The molecule has 29 heavy (non-hydrogen) atoms. The Morgan fingerprint density at radius 2 is 1.76 bits per heavy atom. The van der Waals surface area contributed by atoms with Crippen LogP contribution in [0.3, 0.4) is 0 Å². The van der Waals surface area contributed by atoms with Crippen molar-refractivity contribution in [3.8, 4) is 0 Å². The number of nitrogens with one attached hydrogen (secondary N) is 2. The number of imidazole rings is 1. The fraction of sp³-hybridized carbons (Fsp3) is 0.0909. The fourth-order valence-corrected chi connectivity index (χ4v) is 3.90. The van der Waals surface area contributed by atoms with Crippen LogP contribution in [0, 0.1) is 11.6 Å². The predicted octanol–water partition coefficient (Wildman–Crippen LogP) is 4.51. The second-order valence-corrected chi connectivity index (χ2v) is 7.44. The van der Waals surface area contributed by atoms with E-state index in [0.29, 0.717) is 6.54 Å². The van der Waals surface area contributed by atoms with Crippen LogP contribution in [0.4, 0.5) is 14.5 Å². The van der Waals surface area contributed by atoms with Crippen LogP contribution in [0.25, 0.3) is 11.0 Å². The van der Waals surface area contributed by atoms with Crippen LogP contribution >= 0.6 is 11.8 Å². The van der Waals surface area contributed by atoms with Gasteiger partial charge in [-0.05, 0) is 41.6 Å². The van der Waals surface area contributed by atoms with Crippen molar-refractivity contribution < 1.29 is 18.1 Å². The second kappa shape index (κ2) is 8.45. The number of rotatable bonds is 6. The average Bonchev–Trinajstić information content (AvgIpc) is 3.07. The van der Waals surface area contributed by atoms with Gasteiger partial charge in [-0.2, -0.15) is 0 Å². The van der Waals surface area contributed by atoms with Crippen molar-refractivity contribution >= 4 is 34.4 Å². The maximum Gasteiger partial charge on any atom is 0.317 e. The number of aromatic amines is 1. The summed E-state index contributed by atoms with van der Waals surface area (Å²) in [6.07, 6.45) is 0. The molecule has 4 rings (SSSR count). The van der Waals surface area contributed by atoms with Gasteiger partial charge in [-0.25, -0.2) is 18.3 Å². The second-order valence-electron chi connectivity index (χ2n) is 6.48. The van der Waals surface area contributed by atoms with Crippen molar-refractivity contribution in [2.24, 2.45) is 0 Å². The molecule has 0 radical (unpaired) electrons. The summed E-state index contributed by atoms with van der Waals surface area (Å²) < 4.78 is 28.9. The standard InChI is InChI=1S/C22H17F2N3OS/c23-16-10-11-18(17(24)12-16)25-21(28)14-29-22-26-19-8-4-5-9-20(19)27(22)13-15-6-2-1-3-7-15/h1-12H,13-14H2,(H,25,28)/p+1. The molecule has 0 aliphatic carbocycles. The van der Waals surface area contributed by atoms with Gasteiger partial charge < -0.3 is 5.32 Å². The van der Waals surface area contributed by atoms with Crippen LogP contribution in [0.15, 0.2) is 78.0 Å². The van der Waals surface area contributed by atoms with E-state index in [1.165, 1.54) is 17.8 Å². The number of carbonyl (C=O) groups is 1. The van der Waals surface area contributed by atoms with Crippen LogP contribution in [-0.2, 0) is 11.3 Å². The molecule has 0 spiro atoms. The molecule has 0 fully saturated rings. The van der Waals surface area contributed by atoms with Gasteiger partial charge in [0, 0.05) is 6.07 Å². The Balaban J connectivity index is 1.52. The van der Waals surface area contributed by atoms with Gasteiger partial charge in [-0.3, -0.25) is 4.79 Å². The van der Waals surface area contributed by atoms with E-state index in [1.54, 1.807) is 0 Å². The van der Waals surface area contributed by atoms with Gasteiger partial charge in [0.25, 0.3) is 0 Å². The van der Waals surface area contributed by atoms with Gasteiger partial charge in [0.1, 0.15) is 18.2 Å². The molecule has 1 aromatic heterocycles. The zero-order valence-corrected chi connectivity index (χ0v) is 16.2. The first kappa shape index (κ1) is 19.1. The van der Waals surface area contributed by atoms with Gasteiger partial charge in [-0.15, -0.1) is 0 Å². The Kier molecular flexibility index (Phi) is 5.57. The minimum Gasteiger partial charge on any atom is -0.323 e. The zero-order chi connectivity index (χ0) is 20.2. The van der Waals surface area contributed by atoms with Gasteiger partial charge in [0.15, 0.2) is 11.0 Å². The Bertz CT molecular complexity index is 1160. The molecular weight excluding hydrogens is 392 g/mol. The molecule has 7 heteroatoms. The highest BCUT2D eigenvalue weighted by atomic mass is 32.2. The number of thioether (sulfide) groups is 1. The highest BCUT2D eigenvalue weighted by Crippen LogP contribution is 2.20. The lowest BCUT2D eigenvalue weighted by Gasteiger charge is -2.06. The number of aromatic nitrogens is 2. The molecule has 0 atom stereocenters. The number of hydrogen-bond acceptors (Lipinski definition) is 2. The van der Waals surface area contributed by atoms with Crippen molar-refractivity contribution in [3.63, 3.8) is 0 Å². The van der Waals surface area contributed by atoms with E-state index in [2.05, 4.69) is 14.9 Å². The van der Waals surface area contributed by atoms with Crippen molar-refractivity contribution in [2.45, 2.75) is 11.7 Å². The lowest BCUT2D eigenvalue weighted by Crippen LogP contribution is -2.35. The highest BCUT2D eigenvalue weighted by molar-refractivity contribution is 7.99. The Morgan fingerprint density at radius 3 is 2.55 bits per heavy atom. The molecule has 4 aromatic rings. The molecule has 0 saturated heterocycles. The van der Waals surface area contributed by atoms with E-state index < -0.39 is 11.6 Å². The first-order valence-electron chi connectivity index (χ1n) is 9.02. The lowest BCUT2D eigenvalue weighted by atomic mass is 10.2. The van der Waals surface area contributed by atoms with Crippen LogP contribution in [0.2, 0.25) is 0 Å². The Hall–Kier alpha value is -3.19. The fourth-order valence-electron chi connectivity index (χ4n) is 3.05. The van der Waals surface area contributed by atoms with Crippen molar-refractivity contribution in [1.29, 1.82) is 0 Å². The molecule has 0 aliphatic heterocycles. The first-order valence-corrected chi connectivity index (χ1v) is 10.0. The molecule has 4 nitrogen and oxygen atoms in total. The lowest BCUT2D eigenvalue weighted by molar-refractivity contribution is -0.700. The normalized spacial score (nSPS) is 11.0. The third-order valence-corrected chi connectivity index (χ3v) is 5.41. The number of nitrogens with zero attached hydrogens (tertiary/aromatic N) is 1. The van der Waals surface area contributed by atoms with E-state index in [9.17, 15) is 13.6 Å². The van der Waals surface area contributed by atoms with Crippen molar-refractivity contribution in [1.82, 2.24) is 4.98 Å². The molecule has 0 bridgehead atoms. The number of fused-ring (bicyclic) bond motifs is 1. The summed E-state index contributed by atoms with van der Waals surface area (Å²) in [6.45, 7) is 0.654. The monoisotopic (exact) mass is 410 g/mol. The molecule has 2 N–H and O–H groups in total. The number of amides is 1. The molecule has 0 unspecified atom stereocenters. The Morgan fingerprint density at radius 1 is 1.00 bits per heavy atom. The molecule has 1 heterocycles. The summed E-state index contributed by atoms with van der Waals surface area (Å²) >= 11 is 1.33. The number of benzene rings is 3. The molecule has 1 amide bonds. The predicted molar refractivity (Wildman–Crippen MR) is 110 cm³/mol. The maximum atomic E-state index is 13.7. The maximum absolute atomic E-state index is 13.7. The van der Waals surface area contributed by atoms with Crippen LogP contribution in [0.5, 0.6) is 0 Å². The van der Waals surface area contributed by atoms with Crippen molar-refractivity contribution in [2.75, 3.05) is 11.1 Å². The highest BCUT2D eigenvalue weighted by Gasteiger charge is 2.20. The minimum atomic E-state index is -0.798. The summed E-state index contributed by atoms with van der Waals surface area (Å²) in [6, 6.07) is 21.0. The third kappa shape index (κ3) is 4.46. The summed E-state index contributed by atoms with van der Waals surface area (Å²) in [5, 5.41) is 3.31. The van der Waals surface area contributed by atoms with Gasteiger partial charge in [0.2, 0.25) is 5.91 Å². The van der Waals surface area contributed by atoms with Gasteiger partial charge >= 0.3 is 5.16 Å². The van der Waals surface area contributed by atoms with Gasteiger partial charge in [-0.1, -0.05) is 42.5 Å². The van der Waals surface area contributed by atoms with E-state index in [-0.39, 0.29) is 17.3 Å². The number of hydrogen-bond donors (Lipinski definition) is 2. The topological polar surface area (TPSA) is 48.8 Å². The summed E-state index contributed by atoms with van der Waals surface area (Å²) in [5.41, 5.74) is 3.10. The SMILES string of the molecule is O=C(CSc1[nH]c2ccccc2[n+]1Cc1ccccc1)Nc1ccc(F)cc1F. The average molecular weight is 410 g/mol. The Labute approximate surface area is 170 Å². The van der Waals surface area contributed by atoms with Crippen LogP contribution < -0.4 is 9.88 Å². The minimum absolute atomic E-state index is 0.0363. The molecular formula is C22H18F2N3OS+. The van der Waals surface area contributed by atoms with Crippen molar-refractivity contribution in [3.05, 3.63) is 90.0 Å². The van der Waals surface area contributed by atoms with E-state index in [0.717, 1.165) is 33.9 Å². The quantitative estimate of drug-likeness (QED) is 0.363. The van der Waals surface area contributed by atoms with Gasteiger partial charge in [0.05, 0.1) is 11.4 Å². The molecule has 146 valence electrons. The number of H-pyrrole nitrogens is 1. The largest absolute Gasteiger partial charge is 0.323 e. The number of para-hydroxylation sites is 2. The smallest absolute Gasteiger partial charge is 0.317 e. The number of anilines is 1. The van der Waals surface area contributed by atoms with E-state index in [4.69, 9.17) is 0 Å². The molecule has 0 aliphatic rings. The summed E-state index contributed by atoms with van der Waals surface area (Å²) in [7, 11) is 0. The van der Waals surface area contributed by atoms with E-state index in [1.807, 2.05) is 54.6 Å². The number of halogens is 2. The molecule has 0 saturated carbocycles. The van der Waals surface area contributed by atoms with Crippen LogP contribution in [0.1, 0.15) is 5.56 Å². The zero-order valence-electron chi connectivity index (χ0n) is 15.4. The summed E-state index contributed by atoms with van der Waals surface area (Å²) in [5.74, 6) is -1.77. The third-order valence-electron chi connectivity index (χ3n) is 4.41. The first-order chi connectivity index (χ1) is 14.1.